The number of thiophene rings is 1. The molecule has 1 aromatic rings. The molecule has 0 aliphatic carbocycles. The van der Waals surface area contributed by atoms with Gasteiger partial charge in [0.05, 0.1) is 9.88 Å². The summed E-state index contributed by atoms with van der Waals surface area (Å²) < 4.78 is 0. The lowest BCUT2D eigenvalue weighted by Crippen LogP contribution is -2.37. The van der Waals surface area contributed by atoms with Crippen LogP contribution in [0.25, 0.3) is 0 Å². The number of hydrogen-bond acceptors (Lipinski definition) is 5. The highest BCUT2D eigenvalue weighted by Gasteiger charge is 2.30. The Hall–Kier alpha value is -1.73. The molecule has 1 aliphatic heterocycles. The van der Waals surface area contributed by atoms with E-state index in [0.717, 1.165) is 13.0 Å². The van der Waals surface area contributed by atoms with Crippen LogP contribution < -0.4 is 5.32 Å². The van der Waals surface area contributed by atoms with Crippen LogP contribution in [0.5, 0.6) is 0 Å². The molecule has 2 N–H and O–H groups in total. The minimum atomic E-state index is -0.816. The maximum atomic E-state index is 12.1. The highest BCUT2D eigenvalue weighted by molar-refractivity contribution is 7.18. The van der Waals surface area contributed by atoms with E-state index in [9.17, 15) is 14.4 Å². The van der Waals surface area contributed by atoms with E-state index >= 15 is 0 Å². The highest BCUT2D eigenvalue weighted by atomic mass is 32.1. The van der Waals surface area contributed by atoms with Gasteiger partial charge in [0.25, 0.3) is 0 Å². The molecule has 7 heteroatoms. The summed E-state index contributed by atoms with van der Waals surface area (Å²) in [5.74, 6) is -1.01. The molecule has 21 heavy (non-hydrogen) atoms. The van der Waals surface area contributed by atoms with Gasteiger partial charge in [0, 0.05) is 19.9 Å². The number of carboxylic acids is 1. The van der Waals surface area contributed by atoms with Crippen LogP contribution in [0.15, 0.2) is 12.1 Å². The van der Waals surface area contributed by atoms with Crippen molar-refractivity contribution in [3.63, 3.8) is 0 Å². The number of carboxylic acid groups (broad SMARTS) is 1. The zero-order valence-electron chi connectivity index (χ0n) is 11.8. The van der Waals surface area contributed by atoms with E-state index < -0.39 is 12.0 Å². The first kappa shape index (κ1) is 15.7. The molecule has 6 nitrogen and oxygen atoms in total. The maximum Gasteiger partial charge on any atom is 0.320 e. The summed E-state index contributed by atoms with van der Waals surface area (Å²) in [6.45, 7) is 2.61. The van der Waals surface area contributed by atoms with Crippen molar-refractivity contribution in [1.82, 2.24) is 4.90 Å². The lowest BCUT2D eigenvalue weighted by atomic mass is 10.2. The fourth-order valence-electron chi connectivity index (χ4n) is 2.47. The molecule has 1 saturated heterocycles. The number of ketones is 1. The fourth-order valence-corrected chi connectivity index (χ4v) is 3.39. The average molecular weight is 310 g/mol. The van der Waals surface area contributed by atoms with Crippen molar-refractivity contribution >= 4 is 34.0 Å². The predicted octanol–water partition coefficient (Wildman–Crippen LogP) is 1.83. The molecule has 1 unspecified atom stereocenters. The third-order valence-electron chi connectivity index (χ3n) is 3.45. The van der Waals surface area contributed by atoms with Crippen molar-refractivity contribution in [2.75, 3.05) is 18.4 Å². The van der Waals surface area contributed by atoms with Crippen LogP contribution in [-0.2, 0) is 9.59 Å². The van der Waals surface area contributed by atoms with Crippen LogP contribution in [-0.4, -0.2) is 46.8 Å². The largest absolute Gasteiger partial charge is 0.480 e. The van der Waals surface area contributed by atoms with Crippen LogP contribution >= 0.6 is 11.3 Å². The van der Waals surface area contributed by atoms with Gasteiger partial charge in [-0.2, -0.15) is 0 Å². The quantitative estimate of drug-likeness (QED) is 0.783. The Morgan fingerprint density at radius 1 is 1.43 bits per heavy atom. The van der Waals surface area contributed by atoms with Crippen LogP contribution in [0.2, 0.25) is 0 Å². The smallest absolute Gasteiger partial charge is 0.320 e. The number of carbonyl (C=O) groups excluding carboxylic acids is 2. The zero-order valence-corrected chi connectivity index (χ0v) is 12.6. The molecule has 0 bridgehead atoms. The summed E-state index contributed by atoms with van der Waals surface area (Å²) in [6, 6.07) is 2.93. The van der Waals surface area contributed by atoms with Gasteiger partial charge in [-0.15, -0.1) is 11.3 Å². The first-order valence-electron chi connectivity index (χ1n) is 6.85. The number of anilines is 1. The molecule has 0 spiro atoms. The molecule has 1 fully saturated rings. The van der Waals surface area contributed by atoms with E-state index in [1.807, 2.05) is 4.90 Å². The second kappa shape index (κ2) is 6.82. The van der Waals surface area contributed by atoms with Gasteiger partial charge in [0.15, 0.2) is 5.78 Å². The lowest BCUT2D eigenvalue weighted by molar-refractivity contribution is -0.142. The molecule has 2 heterocycles. The second-order valence-electron chi connectivity index (χ2n) is 5.05. The Labute approximate surface area is 126 Å². The molecular formula is C14H18N2O4S. The monoisotopic (exact) mass is 310 g/mol. The molecule has 0 aromatic carbocycles. The van der Waals surface area contributed by atoms with Crippen molar-refractivity contribution in [3.8, 4) is 0 Å². The molecule has 1 aliphatic rings. The number of rotatable bonds is 6. The summed E-state index contributed by atoms with van der Waals surface area (Å²) in [5, 5.41) is 12.4. The highest BCUT2D eigenvalue weighted by Crippen LogP contribution is 2.24. The van der Waals surface area contributed by atoms with Crippen molar-refractivity contribution < 1.29 is 19.5 Å². The number of aliphatic carboxylic acids is 1. The number of Topliss-reactive ketones (excluding diaryl/α,β-unsaturated/α-hetero) is 1. The second-order valence-corrected chi connectivity index (χ2v) is 6.13. The number of amides is 1. The Bertz CT molecular complexity index is 555. The van der Waals surface area contributed by atoms with Gasteiger partial charge >= 0.3 is 5.97 Å². The summed E-state index contributed by atoms with van der Waals surface area (Å²) in [4.78, 5) is 36.5. The molecule has 1 aromatic heterocycles. The molecular weight excluding hydrogens is 292 g/mol. The SMILES string of the molecule is CC(=O)Nc1ccc(C(=O)CCN2CCCC2C(=O)O)s1. The molecule has 1 amide bonds. The fraction of sp³-hybridized carbons (Fsp3) is 0.500. The van der Waals surface area contributed by atoms with Gasteiger partial charge < -0.3 is 10.4 Å². The Kier molecular flexibility index (Phi) is 5.08. The molecule has 114 valence electrons. The van der Waals surface area contributed by atoms with Crippen LogP contribution in [0.4, 0.5) is 5.00 Å². The number of nitrogens with zero attached hydrogens (tertiary/aromatic N) is 1. The Balaban J connectivity index is 1.88. The van der Waals surface area contributed by atoms with Crippen molar-refractivity contribution in [1.29, 1.82) is 0 Å². The van der Waals surface area contributed by atoms with Crippen molar-refractivity contribution in [2.45, 2.75) is 32.2 Å². The van der Waals surface area contributed by atoms with Gasteiger partial charge in [-0.05, 0) is 31.5 Å². The number of carbonyl (C=O) groups is 3. The van der Waals surface area contributed by atoms with Crippen LogP contribution in [0, 0.1) is 0 Å². The normalized spacial score (nSPS) is 18.6. The van der Waals surface area contributed by atoms with Gasteiger partial charge in [-0.1, -0.05) is 0 Å². The summed E-state index contributed by atoms with van der Waals surface area (Å²) >= 11 is 1.24. The van der Waals surface area contributed by atoms with Gasteiger partial charge in [0.1, 0.15) is 6.04 Å². The van der Waals surface area contributed by atoms with E-state index in [1.165, 1.54) is 18.3 Å². The predicted molar refractivity (Wildman–Crippen MR) is 79.8 cm³/mol. The third-order valence-corrected chi connectivity index (χ3v) is 4.50. The third kappa shape index (κ3) is 4.12. The van der Waals surface area contributed by atoms with E-state index in [0.29, 0.717) is 29.3 Å². The van der Waals surface area contributed by atoms with Crippen molar-refractivity contribution in [2.24, 2.45) is 0 Å². The van der Waals surface area contributed by atoms with Crippen molar-refractivity contribution in [3.05, 3.63) is 17.0 Å². The summed E-state index contributed by atoms with van der Waals surface area (Å²) in [7, 11) is 0. The Morgan fingerprint density at radius 3 is 2.86 bits per heavy atom. The first-order chi connectivity index (χ1) is 9.97. The molecule has 1 atom stereocenters. The molecule has 0 saturated carbocycles. The first-order valence-corrected chi connectivity index (χ1v) is 7.66. The van der Waals surface area contributed by atoms with E-state index in [1.54, 1.807) is 12.1 Å². The summed E-state index contributed by atoms with van der Waals surface area (Å²) in [5.41, 5.74) is 0. The van der Waals surface area contributed by atoms with Crippen LogP contribution in [0.3, 0.4) is 0 Å². The van der Waals surface area contributed by atoms with Crippen LogP contribution in [0.1, 0.15) is 35.9 Å². The van der Waals surface area contributed by atoms with Gasteiger partial charge in [0.2, 0.25) is 5.91 Å². The average Bonchev–Trinajstić information content (AvgIpc) is 3.03. The molecule has 0 radical (unpaired) electrons. The number of hydrogen-bond donors (Lipinski definition) is 2. The van der Waals surface area contributed by atoms with Gasteiger partial charge in [-0.3, -0.25) is 19.3 Å². The van der Waals surface area contributed by atoms with Gasteiger partial charge in [-0.25, -0.2) is 0 Å². The molecule has 2 rings (SSSR count). The van der Waals surface area contributed by atoms with E-state index in [-0.39, 0.29) is 11.7 Å². The standard InChI is InChI=1S/C14H18N2O4S/c1-9(17)15-13-5-4-12(21-13)11(18)6-8-16-7-2-3-10(16)14(19)20/h4-5,10H,2-3,6-8H2,1H3,(H,15,17)(H,19,20). The summed E-state index contributed by atoms with van der Waals surface area (Å²) in [6.07, 6.45) is 1.80. The Morgan fingerprint density at radius 2 is 2.19 bits per heavy atom. The minimum absolute atomic E-state index is 0.0207. The number of likely N-dealkylation sites (tertiary alicyclic amines) is 1. The minimum Gasteiger partial charge on any atom is -0.480 e. The lowest BCUT2D eigenvalue weighted by Gasteiger charge is -2.20. The topological polar surface area (TPSA) is 86.7 Å². The maximum absolute atomic E-state index is 12.1. The van der Waals surface area contributed by atoms with E-state index in [4.69, 9.17) is 5.11 Å². The zero-order chi connectivity index (χ0) is 15.4. The van der Waals surface area contributed by atoms with E-state index in [2.05, 4.69) is 5.32 Å². The number of nitrogens with one attached hydrogen (secondary N) is 1.